The molecule has 0 aliphatic heterocycles. The summed E-state index contributed by atoms with van der Waals surface area (Å²) in [7, 11) is 0. The number of nitrogens with two attached hydrogens (primary N) is 1. The third-order valence-electron chi connectivity index (χ3n) is 6.98. The van der Waals surface area contributed by atoms with Crippen molar-refractivity contribution in [2.24, 2.45) is 23.5 Å². The van der Waals surface area contributed by atoms with Crippen molar-refractivity contribution < 1.29 is 29.7 Å². The van der Waals surface area contributed by atoms with E-state index in [0.29, 0.717) is 18.4 Å². The van der Waals surface area contributed by atoms with Gasteiger partial charge in [0.05, 0.1) is 11.5 Å². The first kappa shape index (κ1) is 20.9. The lowest BCUT2D eigenvalue weighted by molar-refractivity contribution is -0.126. The number of carbonyl (C=O) groups excluding carboxylic acids is 3. The first-order chi connectivity index (χ1) is 15.7. The molecule has 5 rings (SSSR count). The summed E-state index contributed by atoms with van der Waals surface area (Å²) in [6.07, 6.45) is 2.42. The Morgan fingerprint density at radius 1 is 1.12 bits per heavy atom. The molecule has 1 heterocycles. The number of hydrogen-bond donors (Lipinski definition) is 4. The number of primary amides is 1. The first-order valence-corrected chi connectivity index (χ1v) is 10.7. The average molecular weight is 446 g/mol. The van der Waals surface area contributed by atoms with Gasteiger partial charge in [-0.1, -0.05) is 6.07 Å². The normalized spacial score (nSPS) is 24.3. The number of allylic oxidation sites excluding steroid dienone is 3. The Morgan fingerprint density at radius 2 is 1.88 bits per heavy atom. The van der Waals surface area contributed by atoms with Gasteiger partial charge in [0.1, 0.15) is 22.8 Å². The SMILES string of the molecule is Cc1cc(-c2ccc(O)c3c2CC2CC4CC(O)=C(C(N)=O)C(=O)C4C(O)=C2C3=O)ccn1. The minimum absolute atomic E-state index is 0.0139. The van der Waals surface area contributed by atoms with Crippen LogP contribution in [0.15, 0.2) is 53.1 Å². The summed E-state index contributed by atoms with van der Waals surface area (Å²) in [4.78, 5) is 42.3. The molecule has 8 heteroatoms. The molecule has 1 aromatic carbocycles. The van der Waals surface area contributed by atoms with Gasteiger partial charge in [0.25, 0.3) is 5.91 Å². The monoisotopic (exact) mass is 446 g/mol. The number of rotatable bonds is 2. The number of aromatic hydroxyl groups is 1. The van der Waals surface area contributed by atoms with Crippen LogP contribution in [-0.2, 0) is 16.0 Å². The van der Waals surface area contributed by atoms with Gasteiger partial charge in [0, 0.05) is 23.9 Å². The molecule has 1 amide bonds. The van der Waals surface area contributed by atoms with E-state index in [1.807, 2.05) is 19.1 Å². The maximum absolute atomic E-state index is 13.5. The molecule has 0 saturated heterocycles. The number of aliphatic hydroxyl groups is 2. The van der Waals surface area contributed by atoms with Gasteiger partial charge in [-0.05, 0) is 66.5 Å². The van der Waals surface area contributed by atoms with E-state index in [1.54, 1.807) is 12.3 Å². The highest BCUT2D eigenvalue weighted by Crippen LogP contribution is 2.50. The average Bonchev–Trinajstić information content (AvgIpc) is 2.73. The zero-order chi connectivity index (χ0) is 23.6. The Labute approximate surface area is 189 Å². The van der Waals surface area contributed by atoms with Crippen LogP contribution in [0, 0.1) is 24.7 Å². The van der Waals surface area contributed by atoms with Crippen LogP contribution in [0.1, 0.15) is 34.5 Å². The standard InChI is InChI=1S/C25H22N2O6/c1-10-6-11(4-5-27-10)14-2-3-16(28)20-15(14)8-12-7-13-9-17(29)21(25(26)33)24(32)19(13)22(30)18(12)23(20)31/h2-6,12-13,19,28-30H,7-9H2,1H3,(H2,26,33). The molecule has 0 saturated carbocycles. The zero-order valence-corrected chi connectivity index (χ0v) is 17.8. The number of aromatic nitrogens is 1. The van der Waals surface area contributed by atoms with E-state index in [2.05, 4.69) is 4.98 Å². The molecule has 1 aromatic heterocycles. The van der Waals surface area contributed by atoms with Crippen LogP contribution < -0.4 is 5.73 Å². The fourth-order valence-corrected chi connectivity index (χ4v) is 5.62. The Hall–Kier alpha value is -3.94. The Morgan fingerprint density at radius 3 is 2.58 bits per heavy atom. The highest BCUT2D eigenvalue weighted by Gasteiger charge is 2.50. The van der Waals surface area contributed by atoms with Crippen molar-refractivity contribution in [2.45, 2.75) is 26.2 Å². The van der Waals surface area contributed by atoms with Gasteiger partial charge in [-0.3, -0.25) is 19.4 Å². The number of amides is 1. The molecule has 0 bridgehead atoms. The van der Waals surface area contributed by atoms with E-state index >= 15 is 0 Å². The molecule has 3 aliphatic carbocycles. The zero-order valence-electron chi connectivity index (χ0n) is 17.8. The lowest BCUT2D eigenvalue weighted by Crippen LogP contribution is -2.43. The minimum atomic E-state index is -1.12. The summed E-state index contributed by atoms with van der Waals surface area (Å²) in [5, 5.41) is 31.9. The van der Waals surface area contributed by atoms with E-state index in [-0.39, 0.29) is 29.1 Å². The van der Waals surface area contributed by atoms with E-state index in [1.165, 1.54) is 6.07 Å². The number of nitrogens with zero attached hydrogens (tertiary/aromatic N) is 1. The van der Waals surface area contributed by atoms with Crippen molar-refractivity contribution >= 4 is 17.5 Å². The molecule has 3 unspecified atom stereocenters. The van der Waals surface area contributed by atoms with E-state index < -0.39 is 46.6 Å². The molecule has 3 aliphatic rings. The van der Waals surface area contributed by atoms with Gasteiger partial charge in [0.2, 0.25) is 0 Å². The second-order valence-corrected chi connectivity index (χ2v) is 8.93. The van der Waals surface area contributed by atoms with Gasteiger partial charge in [-0.25, -0.2) is 0 Å². The number of aryl methyl sites for hydroxylation is 1. The summed E-state index contributed by atoms with van der Waals surface area (Å²) in [5.74, 6) is -5.32. The van der Waals surface area contributed by atoms with Gasteiger partial charge in [0.15, 0.2) is 11.6 Å². The predicted molar refractivity (Wildman–Crippen MR) is 117 cm³/mol. The maximum Gasteiger partial charge on any atom is 0.255 e. The number of Topliss-reactive ketones (excluding diaryl/α,β-unsaturated/α-hetero) is 2. The molecule has 8 nitrogen and oxygen atoms in total. The molecule has 0 spiro atoms. The number of benzene rings is 1. The van der Waals surface area contributed by atoms with Gasteiger partial charge >= 0.3 is 0 Å². The lowest BCUT2D eigenvalue weighted by Gasteiger charge is -2.41. The van der Waals surface area contributed by atoms with E-state index in [4.69, 9.17) is 5.73 Å². The molecule has 0 fully saturated rings. The minimum Gasteiger partial charge on any atom is -0.511 e. The van der Waals surface area contributed by atoms with Crippen LogP contribution in [0.5, 0.6) is 5.75 Å². The Kier molecular flexibility index (Phi) is 4.63. The topological polar surface area (TPSA) is 151 Å². The maximum atomic E-state index is 13.5. The van der Waals surface area contributed by atoms with Crippen LogP contribution >= 0.6 is 0 Å². The van der Waals surface area contributed by atoms with Crippen LogP contribution in [0.4, 0.5) is 0 Å². The van der Waals surface area contributed by atoms with Crippen LogP contribution in [0.3, 0.4) is 0 Å². The largest absolute Gasteiger partial charge is 0.511 e. The molecule has 33 heavy (non-hydrogen) atoms. The number of carbonyl (C=O) groups is 3. The smallest absolute Gasteiger partial charge is 0.255 e. The molecule has 168 valence electrons. The van der Waals surface area contributed by atoms with Gasteiger partial charge in [-0.15, -0.1) is 0 Å². The fourth-order valence-electron chi connectivity index (χ4n) is 5.62. The Bertz CT molecular complexity index is 1320. The molecule has 3 atom stereocenters. The van der Waals surface area contributed by atoms with Crippen molar-refractivity contribution in [2.75, 3.05) is 0 Å². The van der Waals surface area contributed by atoms with Gasteiger partial charge < -0.3 is 21.1 Å². The third-order valence-corrected chi connectivity index (χ3v) is 6.98. The van der Waals surface area contributed by atoms with E-state index in [0.717, 1.165) is 16.8 Å². The van der Waals surface area contributed by atoms with Crippen molar-refractivity contribution in [3.63, 3.8) is 0 Å². The molecule has 0 radical (unpaired) electrons. The van der Waals surface area contributed by atoms with Crippen molar-refractivity contribution in [3.8, 4) is 16.9 Å². The summed E-state index contributed by atoms with van der Waals surface area (Å²) in [6, 6.07) is 6.93. The highest BCUT2D eigenvalue weighted by molar-refractivity contribution is 6.22. The predicted octanol–water partition coefficient (Wildman–Crippen LogP) is 2.84. The summed E-state index contributed by atoms with van der Waals surface area (Å²) in [5.41, 5.74) is 8.06. The number of hydrogen-bond acceptors (Lipinski definition) is 7. The summed E-state index contributed by atoms with van der Waals surface area (Å²) in [6.45, 7) is 1.86. The molecular weight excluding hydrogens is 424 g/mol. The number of ketones is 2. The van der Waals surface area contributed by atoms with Crippen molar-refractivity contribution in [1.82, 2.24) is 4.98 Å². The van der Waals surface area contributed by atoms with Crippen LogP contribution in [0.25, 0.3) is 11.1 Å². The van der Waals surface area contributed by atoms with E-state index in [9.17, 15) is 29.7 Å². The second kappa shape index (κ2) is 7.30. The van der Waals surface area contributed by atoms with Crippen molar-refractivity contribution in [1.29, 1.82) is 0 Å². The molecular formula is C25H22N2O6. The lowest BCUT2D eigenvalue weighted by atomic mass is 9.62. The van der Waals surface area contributed by atoms with Crippen molar-refractivity contribution in [3.05, 3.63) is 69.9 Å². The molecule has 5 N–H and O–H groups in total. The molecule has 2 aromatic rings. The fraction of sp³-hybridized carbons (Fsp3) is 0.280. The number of aliphatic hydroxyl groups excluding tert-OH is 2. The van der Waals surface area contributed by atoms with Crippen LogP contribution in [-0.4, -0.2) is 37.8 Å². The number of phenols is 1. The number of fused-ring (bicyclic) bond motifs is 3. The number of phenolic OH excluding ortho intramolecular Hbond substituents is 1. The number of pyridine rings is 1. The first-order valence-electron chi connectivity index (χ1n) is 10.7. The summed E-state index contributed by atoms with van der Waals surface area (Å²) >= 11 is 0. The highest BCUT2D eigenvalue weighted by atomic mass is 16.3. The summed E-state index contributed by atoms with van der Waals surface area (Å²) < 4.78 is 0. The second-order valence-electron chi connectivity index (χ2n) is 8.93. The van der Waals surface area contributed by atoms with Crippen LogP contribution in [0.2, 0.25) is 0 Å². The Balaban J connectivity index is 1.65. The third kappa shape index (κ3) is 3.05. The van der Waals surface area contributed by atoms with Gasteiger partial charge in [-0.2, -0.15) is 0 Å². The quantitative estimate of drug-likeness (QED) is 0.518.